The fourth-order valence-corrected chi connectivity index (χ4v) is 3.76. The van der Waals surface area contributed by atoms with Gasteiger partial charge < -0.3 is 9.73 Å². The van der Waals surface area contributed by atoms with Crippen LogP contribution in [0.4, 0.5) is 11.4 Å². The van der Waals surface area contributed by atoms with Crippen LogP contribution >= 0.6 is 34.2 Å². The van der Waals surface area contributed by atoms with Crippen molar-refractivity contribution in [2.24, 2.45) is 0 Å². The van der Waals surface area contributed by atoms with Crippen LogP contribution in [0.1, 0.15) is 0 Å². The van der Waals surface area contributed by atoms with Gasteiger partial charge in [0.2, 0.25) is 0 Å². The highest BCUT2D eigenvalue weighted by Gasteiger charge is 2.20. The Labute approximate surface area is 171 Å². The van der Waals surface area contributed by atoms with E-state index in [1.54, 1.807) is 30.9 Å². The van der Waals surface area contributed by atoms with Crippen LogP contribution in [0.25, 0.3) is 33.5 Å². The maximum atomic E-state index is 6.32. The third-order valence-corrected chi connectivity index (χ3v) is 5.32. The molecule has 1 aromatic carbocycles. The number of hydrogen-bond donors (Lipinski definition) is 2. The largest absolute Gasteiger partial charge is 0.449 e. The summed E-state index contributed by atoms with van der Waals surface area (Å²) >= 11 is 8.56. The van der Waals surface area contributed by atoms with E-state index in [4.69, 9.17) is 16.0 Å². The Hall–Kier alpha value is -2.72. The van der Waals surface area contributed by atoms with Gasteiger partial charge in [0.05, 0.1) is 28.5 Å². The minimum atomic E-state index is 0.401. The first-order valence-electron chi connectivity index (χ1n) is 7.95. The summed E-state index contributed by atoms with van der Waals surface area (Å²) in [7, 11) is 0. The van der Waals surface area contributed by atoms with E-state index in [0.717, 1.165) is 31.2 Å². The maximum absolute atomic E-state index is 6.32. The second-order valence-electron chi connectivity index (χ2n) is 5.73. The summed E-state index contributed by atoms with van der Waals surface area (Å²) in [4.78, 5) is 12.8. The van der Waals surface area contributed by atoms with E-state index in [1.807, 2.05) is 18.2 Å². The molecule has 0 aliphatic heterocycles. The number of furan rings is 1. The minimum absolute atomic E-state index is 0.401. The van der Waals surface area contributed by atoms with Gasteiger partial charge in [-0.25, -0.2) is 9.97 Å². The summed E-state index contributed by atoms with van der Waals surface area (Å²) in [6, 6.07) is 7.59. The fourth-order valence-electron chi connectivity index (χ4n) is 2.95. The lowest BCUT2D eigenvalue weighted by atomic mass is 10.2. The van der Waals surface area contributed by atoms with E-state index in [1.165, 1.54) is 0 Å². The summed E-state index contributed by atoms with van der Waals surface area (Å²) < 4.78 is 7.03. The zero-order valence-electron chi connectivity index (χ0n) is 13.6. The molecule has 2 N–H and O–H groups in total. The summed E-state index contributed by atoms with van der Waals surface area (Å²) in [6.07, 6.45) is 6.73. The van der Waals surface area contributed by atoms with Gasteiger partial charge in [-0.3, -0.25) is 10.1 Å². The van der Waals surface area contributed by atoms with Crippen LogP contribution in [-0.2, 0) is 0 Å². The highest BCUT2D eigenvalue weighted by atomic mass is 127. The molecule has 132 valence electrons. The Morgan fingerprint density at radius 2 is 1.96 bits per heavy atom. The van der Waals surface area contributed by atoms with Gasteiger partial charge in [-0.05, 0) is 46.9 Å². The van der Waals surface area contributed by atoms with E-state index in [2.05, 4.69) is 53.1 Å². The summed E-state index contributed by atoms with van der Waals surface area (Å²) in [5.74, 6) is 1.01. The molecule has 0 radical (unpaired) electrons. The smallest absolute Gasteiger partial charge is 0.197 e. The average Bonchev–Trinajstić information content (AvgIpc) is 3.27. The third-order valence-electron chi connectivity index (χ3n) is 4.15. The first-order valence-corrected chi connectivity index (χ1v) is 9.41. The molecule has 7 nitrogen and oxygen atoms in total. The fraction of sp³-hybridized carbons (Fsp3) is 0. The second kappa shape index (κ2) is 6.46. The van der Waals surface area contributed by atoms with Crippen molar-refractivity contribution in [3.05, 3.63) is 57.8 Å². The van der Waals surface area contributed by atoms with Gasteiger partial charge in [0.15, 0.2) is 22.3 Å². The van der Waals surface area contributed by atoms with E-state index >= 15 is 0 Å². The Bertz CT molecular complexity index is 1280. The number of nitrogens with one attached hydrogen (secondary N) is 2. The zero-order valence-corrected chi connectivity index (χ0v) is 16.5. The molecule has 9 heteroatoms. The second-order valence-corrected chi connectivity index (χ2v) is 7.25. The van der Waals surface area contributed by atoms with E-state index < -0.39 is 0 Å². The van der Waals surface area contributed by atoms with Crippen LogP contribution < -0.4 is 5.32 Å². The van der Waals surface area contributed by atoms with Gasteiger partial charge in [0.25, 0.3) is 0 Å². The number of aromatic nitrogens is 5. The number of pyridine rings is 1. The first-order chi connectivity index (χ1) is 13.2. The Morgan fingerprint density at radius 3 is 2.81 bits per heavy atom. The van der Waals surface area contributed by atoms with Crippen molar-refractivity contribution < 1.29 is 4.42 Å². The van der Waals surface area contributed by atoms with Crippen molar-refractivity contribution in [2.75, 3.05) is 5.32 Å². The van der Waals surface area contributed by atoms with E-state index in [0.29, 0.717) is 22.3 Å². The molecule has 0 amide bonds. The molecule has 0 atom stereocenters. The van der Waals surface area contributed by atoms with Gasteiger partial charge in [0.1, 0.15) is 0 Å². The number of halogens is 2. The van der Waals surface area contributed by atoms with Crippen molar-refractivity contribution >= 4 is 67.4 Å². The Kier molecular flexibility index (Phi) is 3.94. The molecule has 27 heavy (non-hydrogen) atoms. The molecule has 4 heterocycles. The lowest BCUT2D eigenvalue weighted by molar-refractivity contribution is 0.624. The van der Waals surface area contributed by atoms with Gasteiger partial charge in [-0.15, -0.1) is 0 Å². The average molecular weight is 489 g/mol. The normalized spacial score (nSPS) is 11.3. The summed E-state index contributed by atoms with van der Waals surface area (Å²) in [5.41, 5.74) is 3.07. The molecule has 4 aromatic heterocycles. The zero-order chi connectivity index (χ0) is 18.4. The standard InChI is InChI=1S/C18H10ClIN6O/c19-17-13-11(3-2-10(20)15(13)25-26-17)24-14-9-4-7-21-8-12(9)27-16(14)18-22-5-1-6-23-18/h1-8,24H,(H,25,26). The van der Waals surface area contributed by atoms with Gasteiger partial charge >= 0.3 is 0 Å². The number of hydrogen-bond acceptors (Lipinski definition) is 6. The lowest BCUT2D eigenvalue weighted by Gasteiger charge is -2.09. The van der Waals surface area contributed by atoms with Gasteiger partial charge in [-0.1, -0.05) is 11.6 Å². The summed E-state index contributed by atoms with van der Waals surface area (Å²) in [5, 5.41) is 12.6. The molecule has 5 aromatic rings. The Morgan fingerprint density at radius 1 is 1.11 bits per heavy atom. The molecule has 0 aliphatic rings. The monoisotopic (exact) mass is 488 g/mol. The molecule has 0 bridgehead atoms. The molecular weight excluding hydrogens is 479 g/mol. The van der Waals surface area contributed by atoms with Crippen LogP contribution in [0.3, 0.4) is 0 Å². The maximum Gasteiger partial charge on any atom is 0.197 e. The molecule has 0 spiro atoms. The highest BCUT2D eigenvalue weighted by molar-refractivity contribution is 14.1. The van der Waals surface area contributed by atoms with Crippen molar-refractivity contribution in [2.45, 2.75) is 0 Å². The number of anilines is 2. The van der Waals surface area contributed by atoms with Gasteiger partial charge in [0, 0.05) is 27.5 Å². The first kappa shape index (κ1) is 16.5. The molecule has 0 aliphatic carbocycles. The predicted octanol–water partition coefficient (Wildman–Crippen LogP) is 5.16. The van der Waals surface area contributed by atoms with Crippen LogP contribution in [0.5, 0.6) is 0 Å². The van der Waals surface area contributed by atoms with E-state index in [9.17, 15) is 0 Å². The number of H-pyrrole nitrogens is 1. The van der Waals surface area contributed by atoms with E-state index in [-0.39, 0.29) is 0 Å². The Balaban J connectivity index is 1.74. The van der Waals surface area contributed by atoms with Crippen LogP contribution in [0.2, 0.25) is 5.15 Å². The lowest BCUT2D eigenvalue weighted by Crippen LogP contribution is -1.95. The molecule has 0 saturated carbocycles. The van der Waals surface area contributed by atoms with Crippen molar-refractivity contribution in [3.8, 4) is 11.6 Å². The van der Waals surface area contributed by atoms with Gasteiger partial charge in [-0.2, -0.15) is 5.10 Å². The SMILES string of the molecule is Clc1n[nH]c2c(I)ccc(Nc3c(-c4ncccn4)oc4cnccc34)c12. The molecule has 0 unspecified atom stereocenters. The molecule has 0 fully saturated rings. The van der Waals surface area contributed by atoms with Crippen molar-refractivity contribution in [1.29, 1.82) is 0 Å². The topological polar surface area (TPSA) is 92.5 Å². The van der Waals surface area contributed by atoms with Crippen LogP contribution in [-0.4, -0.2) is 25.1 Å². The molecular formula is C18H10ClIN6O. The van der Waals surface area contributed by atoms with Crippen molar-refractivity contribution in [1.82, 2.24) is 25.1 Å². The van der Waals surface area contributed by atoms with Crippen molar-refractivity contribution in [3.63, 3.8) is 0 Å². The predicted molar refractivity (Wildman–Crippen MR) is 112 cm³/mol. The number of benzene rings is 1. The number of rotatable bonds is 3. The number of aromatic amines is 1. The highest BCUT2D eigenvalue weighted by Crippen LogP contribution is 2.40. The number of fused-ring (bicyclic) bond motifs is 2. The summed E-state index contributed by atoms with van der Waals surface area (Å²) in [6.45, 7) is 0. The molecule has 0 saturated heterocycles. The quantitative estimate of drug-likeness (QED) is 0.341. The minimum Gasteiger partial charge on any atom is -0.449 e. The number of nitrogens with zero attached hydrogens (tertiary/aromatic N) is 4. The van der Waals surface area contributed by atoms with Crippen LogP contribution in [0, 0.1) is 3.57 Å². The molecule has 5 rings (SSSR count). The third kappa shape index (κ3) is 2.72. The van der Waals surface area contributed by atoms with Crippen LogP contribution in [0.15, 0.2) is 53.5 Å².